The zero-order valence-corrected chi connectivity index (χ0v) is 11.0. The summed E-state index contributed by atoms with van der Waals surface area (Å²) in [4.78, 5) is 28.8. The number of nitrogens with one attached hydrogen (secondary N) is 1. The molecule has 0 spiro atoms. The smallest absolute Gasteiger partial charge is 0.229 e. The van der Waals surface area contributed by atoms with Crippen molar-refractivity contribution in [2.75, 3.05) is 5.32 Å². The van der Waals surface area contributed by atoms with Gasteiger partial charge in [-0.15, -0.1) is 0 Å². The molecule has 1 fully saturated rings. The van der Waals surface area contributed by atoms with Gasteiger partial charge in [0.15, 0.2) is 10.9 Å². The number of rotatable bonds is 2. The molecule has 5 heteroatoms. The number of carbonyl (C=O) groups excluding carboxylic acids is 2. The van der Waals surface area contributed by atoms with Crippen LogP contribution in [-0.4, -0.2) is 16.7 Å². The minimum absolute atomic E-state index is 0.0750. The van der Waals surface area contributed by atoms with Gasteiger partial charge in [0.05, 0.1) is 10.6 Å². The second-order valence-electron chi connectivity index (χ2n) is 5.04. The van der Waals surface area contributed by atoms with E-state index < -0.39 is 0 Å². The van der Waals surface area contributed by atoms with Gasteiger partial charge in [-0.2, -0.15) is 0 Å². The van der Waals surface area contributed by atoms with E-state index in [9.17, 15) is 9.59 Å². The highest BCUT2D eigenvalue weighted by molar-refractivity contribution is 7.17. The molecule has 96 valence electrons. The molecule has 2 aliphatic rings. The maximum absolute atomic E-state index is 12.0. The van der Waals surface area contributed by atoms with Gasteiger partial charge in [0.25, 0.3) is 0 Å². The zero-order valence-electron chi connectivity index (χ0n) is 10.2. The van der Waals surface area contributed by atoms with E-state index in [0.717, 1.165) is 49.1 Å². The first-order valence-corrected chi connectivity index (χ1v) is 7.39. The average molecular weight is 264 g/mol. The van der Waals surface area contributed by atoms with Crippen LogP contribution in [0.1, 0.15) is 53.9 Å². The summed E-state index contributed by atoms with van der Waals surface area (Å²) in [7, 11) is 0. The third-order valence-corrected chi connectivity index (χ3v) is 4.78. The van der Waals surface area contributed by atoms with E-state index in [0.29, 0.717) is 11.6 Å². The standard InChI is InChI=1S/C13H16N2O2S/c16-10-7-3-6-9-11(10)18-13(14-9)15-12(17)8-4-1-2-5-8/h8H,1-7H2,(H,14,15,17). The highest BCUT2D eigenvalue weighted by atomic mass is 32.1. The number of aryl methyl sites for hydroxylation is 1. The first-order valence-electron chi connectivity index (χ1n) is 6.58. The quantitative estimate of drug-likeness (QED) is 0.893. The Kier molecular flexibility index (Phi) is 3.16. The molecule has 0 saturated heterocycles. The Morgan fingerprint density at radius 3 is 2.72 bits per heavy atom. The van der Waals surface area contributed by atoms with Crippen LogP contribution in [0.2, 0.25) is 0 Å². The van der Waals surface area contributed by atoms with Crippen LogP contribution in [-0.2, 0) is 11.2 Å². The van der Waals surface area contributed by atoms with Gasteiger partial charge in [-0.1, -0.05) is 24.2 Å². The third kappa shape index (κ3) is 2.19. The van der Waals surface area contributed by atoms with E-state index >= 15 is 0 Å². The van der Waals surface area contributed by atoms with Gasteiger partial charge in [-0.25, -0.2) is 4.98 Å². The number of fused-ring (bicyclic) bond motifs is 1. The summed E-state index contributed by atoms with van der Waals surface area (Å²) in [6.07, 6.45) is 6.61. The Balaban J connectivity index is 1.73. The Hall–Kier alpha value is -1.23. The maximum atomic E-state index is 12.0. The number of hydrogen-bond acceptors (Lipinski definition) is 4. The van der Waals surface area contributed by atoms with Gasteiger partial charge in [0, 0.05) is 12.3 Å². The van der Waals surface area contributed by atoms with Crippen molar-refractivity contribution in [1.82, 2.24) is 4.98 Å². The van der Waals surface area contributed by atoms with Crippen molar-refractivity contribution in [2.45, 2.75) is 44.9 Å². The molecule has 0 unspecified atom stereocenters. The summed E-state index contributed by atoms with van der Waals surface area (Å²) < 4.78 is 0. The zero-order chi connectivity index (χ0) is 12.5. The average Bonchev–Trinajstić information content (AvgIpc) is 2.97. The lowest BCUT2D eigenvalue weighted by Crippen LogP contribution is -2.20. The van der Waals surface area contributed by atoms with Gasteiger partial charge in [-0.3, -0.25) is 9.59 Å². The summed E-state index contributed by atoms with van der Waals surface area (Å²) >= 11 is 1.34. The number of aromatic nitrogens is 1. The van der Waals surface area contributed by atoms with Gasteiger partial charge in [-0.05, 0) is 25.7 Å². The van der Waals surface area contributed by atoms with Crippen LogP contribution in [0.5, 0.6) is 0 Å². The van der Waals surface area contributed by atoms with Crippen molar-refractivity contribution < 1.29 is 9.59 Å². The first kappa shape index (κ1) is 11.8. The minimum atomic E-state index is 0.0750. The molecular weight excluding hydrogens is 248 g/mol. The number of anilines is 1. The predicted octanol–water partition coefficient (Wildman–Crippen LogP) is 2.79. The minimum Gasteiger partial charge on any atom is -0.302 e. The molecule has 1 N–H and O–H groups in total. The first-order chi connectivity index (χ1) is 8.74. The van der Waals surface area contributed by atoms with Crippen molar-refractivity contribution in [3.8, 4) is 0 Å². The van der Waals surface area contributed by atoms with Crippen molar-refractivity contribution in [1.29, 1.82) is 0 Å². The summed E-state index contributed by atoms with van der Waals surface area (Å²) in [6, 6.07) is 0. The highest BCUT2D eigenvalue weighted by Crippen LogP contribution is 2.31. The van der Waals surface area contributed by atoms with Crippen LogP contribution in [0.3, 0.4) is 0 Å². The monoisotopic (exact) mass is 264 g/mol. The molecule has 1 aromatic heterocycles. The van der Waals surface area contributed by atoms with Crippen LogP contribution < -0.4 is 5.32 Å². The molecule has 0 aromatic carbocycles. The number of ketones is 1. The second kappa shape index (κ2) is 4.80. The third-order valence-electron chi connectivity index (χ3n) is 3.72. The van der Waals surface area contributed by atoms with Crippen LogP contribution in [0.15, 0.2) is 0 Å². The maximum Gasteiger partial charge on any atom is 0.229 e. The van der Waals surface area contributed by atoms with Crippen LogP contribution in [0.4, 0.5) is 5.13 Å². The lowest BCUT2D eigenvalue weighted by molar-refractivity contribution is -0.119. The molecule has 0 bridgehead atoms. The molecule has 0 atom stereocenters. The van der Waals surface area contributed by atoms with E-state index in [2.05, 4.69) is 10.3 Å². The molecule has 1 aromatic rings. The Morgan fingerprint density at radius 1 is 1.22 bits per heavy atom. The molecular formula is C13H16N2O2S. The van der Waals surface area contributed by atoms with Crippen molar-refractivity contribution in [3.63, 3.8) is 0 Å². The van der Waals surface area contributed by atoms with Gasteiger partial charge in [0.2, 0.25) is 5.91 Å². The van der Waals surface area contributed by atoms with Gasteiger partial charge in [0.1, 0.15) is 0 Å². The number of amides is 1. The van der Waals surface area contributed by atoms with E-state index in [1.54, 1.807) is 0 Å². The van der Waals surface area contributed by atoms with E-state index in [1.807, 2.05) is 0 Å². The number of hydrogen-bond donors (Lipinski definition) is 1. The van der Waals surface area contributed by atoms with E-state index in [4.69, 9.17) is 0 Å². The topological polar surface area (TPSA) is 59.1 Å². The fourth-order valence-corrected chi connectivity index (χ4v) is 3.70. The molecule has 2 aliphatic carbocycles. The van der Waals surface area contributed by atoms with Crippen LogP contribution >= 0.6 is 11.3 Å². The molecule has 1 heterocycles. The molecule has 0 radical (unpaired) electrons. The predicted molar refractivity (Wildman–Crippen MR) is 70.0 cm³/mol. The number of thiazole rings is 1. The Bertz CT molecular complexity index is 489. The summed E-state index contributed by atoms with van der Waals surface area (Å²) in [5, 5.41) is 3.48. The van der Waals surface area contributed by atoms with Gasteiger partial charge >= 0.3 is 0 Å². The Morgan fingerprint density at radius 2 is 2.00 bits per heavy atom. The molecule has 1 amide bonds. The summed E-state index contributed by atoms with van der Waals surface area (Å²) in [5.41, 5.74) is 0.873. The molecule has 1 saturated carbocycles. The van der Waals surface area contributed by atoms with Crippen molar-refractivity contribution >= 4 is 28.2 Å². The summed E-state index contributed by atoms with van der Waals surface area (Å²) in [5.74, 6) is 0.391. The molecule has 4 nitrogen and oxygen atoms in total. The van der Waals surface area contributed by atoms with E-state index in [1.165, 1.54) is 11.3 Å². The highest BCUT2D eigenvalue weighted by Gasteiger charge is 2.26. The van der Waals surface area contributed by atoms with Crippen molar-refractivity contribution in [2.24, 2.45) is 5.92 Å². The lowest BCUT2D eigenvalue weighted by atomic mass is 10.0. The van der Waals surface area contributed by atoms with Crippen molar-refractivity contribution in [3.05, 3.63) is 10.6 Å². The summed E-state index contributed by atoms with van der Waals surface area (Å²) in [6.45, 7) is 0. The fourth-order valence-electron chi connectivity index (χ4n) is 2.72. The number of carbonyl (C=O) groups is 2. The molecule has 3 rings (SSSR count). The second-order valence-corrected chi connectivity index (χ2v) is 6.04. The molecule has 0 aliphatic heterocycles. The largest absolute Gasteiger partial charge is 0.302 e. The normalized spacial score (nSPS) is 19.9. The van der Waals surface area contributed by atoms with Crippen LogP contribution in [0.25, 0.3) is 0 Å². The fraction of sp³-hybridized carbons (Fsp3) is 0.615. The van der Waals surface area contributed by atoms with Crippen LogP contribution in [0, 0.1) is 5.92 Å². The number of nitrogens with zero attached hydrogens (tertiary/aromatic N) is 1. The van der Waals surface area contributed by atoms with E-state index in [-0.39, 0.29) is 17.6 Å². The molecule has 18 heavy (non-hydrogen) atoms. The lowest BCUT2D eigenvalue weighted by Gasteiger charge is -2.07. The Labute approximate surface area is 110 Å². The van der Waals surface area contributed by atoms with Gasteiger partial charge < -0.3 is 5.32 Å². The SMILES string of the molecule is O=C1CCCc2nc(NC(=O)C3CCCC3)sc21. The number of Topliss-reactive ketones (excluding diaryl/α,β-unsaturated/α-hetero) is 1.